The van der Waals surface area contributed by atoms with Gasteiger partial charge in [0.25, 0.3) is 0 Å². The minimum Gasteiger partial charge on any atom is -0.480 e. The Morgan fingerprint density at radius 2 is 2.06 bits per heavy atom. The van der Waals surface area contributed by atoms with Gasteiger partial charge in [-0.25, -0.2) is 0 Å². The van der Waals surface area contributed by atoms with Crippen molar-refractivity contribution >= 4 is 11.9 Å². The Labute approximate surface area is 95.0 Å². The zero-order chi connectivity index (χ0) is 12.6. The standard InChI is InChI=1S/C5H9NO2.C5H11NO2/c7-5(8)4-2-1-3-6-4;1-4(2)6-3-5(7)8/h4,6H,1-3H2,(H,7,8);4,6H,3H2,1-2H3,(H,7,8)/t4-;/m1./s1. The molecule has 0 bridgehead atoms. The second kappa shape index (κ2) is 8.06. The zero-order valence-corrected chi connectivity index (χ0v) is 9.69. The van der Waals surface area contributed by atoms with E-state index in [2.05, 4.69) is 10.6 Å². The highest BCUT2D eigenvalue weighted by Gasteiger charge is 2.20. The van der Waals surface area contributed by atoms with Crippen molar-refractivity contribution in [2.45, 2.75) is 38.8 Å². The van der Waals surface area contributed by atoms with Gasteiger partial charge in [-0.05, 0) is 19.4 Å². The highest BCUT2D eigenvalue weighted by atomic mass is 16.4. The molecule has 0 aliphatic carbocycles. The molecule has 94 valence electrons. The number of hydrogen-bond donors (Lipinski definition) is 4. The van der Waals surface area contributed by atoms with E-state index >= 15 is 0 Å². The molecule has 1 aliphatic rings. The van der Waals surface area contributed by atoms with Gasteiger partial charge in [0.15, 0.2) is 0 Å². The SMILES string of the molecule is CC(C)NCC(=O)O.O=C(O)[C@H]1CCCN1. The van der Waals surface area contributed by atoms with Crippen LogP contribution in [0.1, 0.15) is 26.7 Å². The number of hydrogen-bond acceptors (Lipinski definition) is 4. The third kappa shape index (κ3) is 8.19. The lowest BCUT2D eigenvalue weighted by Crippen LogP contribution is -2.29. The quantitative estimate of drug-likeness (QED) is 0.540. The van der Waals surface area contributed by atoms with Gasteiger partial charge in [-0.1, -0.05) is 13.8 Å². The molecule has 1 aliphatic heterocycles. The van der Waals surface area contributed by atoms with Crippen molar-refractivity contribution in [1.29, 1.82) is 0 Å². The first-order valence-electron chi connectivity index (χ1n) is 5.35. The van der Waals surface area contributed by atoms with Crippen molar-refractivity contribution in [3.8, 4) is 0 Å². The Bertz CT molecular complexity index is 225. The summed E-state index contributed by atoms with van der Waals surface area (Å²) >= 11 is 0. The van der Waals surface area contributed by atoms with E-state index in [4.69, 9.17) is 10.2 Å². The zero-order valence-electron chi connectivity index (χ0n) is 9.69. The van der Waals surface area contributed by atoms with Gasteiger partial charge in [-0.2, -0.15) is 0 Å². The summed E-state index contributed by atoms with van der Waals surface area (Å²) in [5.41, 5.74) is 0. The highest BCUT2D eigenvalue weighted by molar-refractivity contribution is 5.73. The van der Waals surface area contributed by atoms with Gasteiger partial charge < -0.3 is 20.8 Å². The fraction of sp³-hybridized carbons (Fsp3) is 0.800. The van der Waals surface area contributed by atoms with Crippen LogP contribution in [0.2, 0.25) is 0 Å². The van der Waals surface area contributed by atoms with E-state index in [1.807, 2.05) is 13.8 Å². The Kier molecular flexibility index (Phi) is 7.49. The molecular formula is C10H20N2O4. The number of carboxylic acid groups (broad SMARTS) is 2. The molecule has 0 unspecified atom stereocenters. The van der Waals surface area contributed by atoms with Crippen LogP contribution in [0, 0.1) is 0 Å². The average Bonchev–Trinajstić information content (AvgIpc) is 2.68. The van der Waals surface area contributed by atoms with Gasteiger partial charge in [0, 0.05) is 6.04 Å². The first-order chi connectivity index (χ1) is 7.43. The lowest BCUT2D eigenvalue weighted by molar-refractivity contribution is -0.139. The maximum Gasteiger partial charge on any atom is 0.320 e. The smallest absolute Gasteiger partial charge is 0.320 e. The molecule has 0 radical (unpaired) electrons. The molecule has 0 aromatic heterocycles. The van der Waals surface area contributed by atoms with Gasteiger partial charge >= 0.3 is 11.9 Å². The van der Waals surface area contributed by atoms with Crippen molar-refractivity contribution in [1.82, 2.24) is 10.6 Å². The van der Waals surface area contributed by atoms with Gasteiger partial charge in [-0.15, -0.1) is 0 Å². The highest BCUT2D eigenvalue weighted by Crippen LogP contribution is 2.03. The van der Waals surface area contributed by atoms with Gasteiger partial charge in [0.1, 0.15) is 6.04 Å². The van der Waals surface area contributed by atoms with Crippen molar-refractivity contribution in [3.63, 3.8) is 0 Å². The number of aliphatic carboxylic acids is 2. The first kappa shape index (κ1) is 14.9. The molecule has 1 fully saturated rings. The number of carbonyl (C=O) groups is 2. The van der Waals surface area contributed by atoms with E-state index in [0.717, 1.165) is 19.4 Å². The van der Waals surface area contributed by atoms with Crippen LogP contribution in [0.15, 0.2) is 0 Å². The second-order valence-corrected chi connectivity index (χ2v) is 3.92. The lowest BCUT2D eigenvalue weighted by atomic mass is 10.2. The summed E-state index contributed by atoms with van der Waals surface area (Å²) in [4.78, 5) is 20.0. The molecule has 1 atom stereocenters. The summed E-state index contributed by atoms with van der Waals surface area (Å²) in [5, 5.41) is 22.1. The van der Waals surface area contributed by atoms with Gasteiger partial charge in [-0.3, -0.25) is 9.59 Å². The van der Waals surface area contributed by atoms with Crippen LogP contribution in [0.4, 0.5) is 0 Å². The maximum absolute atomic E-state index is 10.1. The summed E-state index contributed by atoms with van der Waals surface area (Å²) in [6.45, 7) is 4.72. The van der Waals surface area contributed by atoms with Crippen LogP contribution >= 0.6 is 0 Å². The minimum atomic E-state index is -0.807. The molecule has 4 N–H and O–H groups in total. The Hall–Kier alpha value is -1.14. The molecule has 0 aromatic rings. The monoisotopic (exact) mass is 232 g/mol. The van der Waals surface area contributed by atoms with Crippen LogP contribution in [0.25, 0.3) is 0 Å². The largest absolute Gasteiger partial charge is 0.480 e. The van der Waals surface area contributed by atoms with E-state index in [1.165, 1.54) is 0 Å². The molecule has 0 amide bonds. The molecule has 1 rings (SSSR count). The molecule has 1 saturated heterocycles. The molecule has 0 spiro atoms. The Morgan fingerprint density at radius 3 is 2.25 bits per heavy atom. The predicted molar refractivity (Wildman–Crippen MR) is 59.4 cm³/mol. The topological polar surface area (TPSA) is 98.7 Å². The molecule has 6 heteroatoms. The van der Waals surface area contributed by atoms with E-state index < -0.39 is 11.9 Å². The predicted octanol–water partition coefficient (Wildman–Crippen LogP) is -0.108. The molecule has 0 aromatic carbocycles. The molecule has 1 heterocycles. The first-order valence-corrected chi connectivity index (χ1v) is 5.35. The molecule has 0 saturated carbocycles. The molecule has 16 heavy (non-hydrogen) atoms. The number of rotatable bonds is 4. The van der Waals surface area contributed by atoms with Crippen molar-refractivity contribution in [2.75, 3.05) is 13.1 Å². The van der Waals surface area contributed by atoms with E-state index in [0.29, 0.717) is 0 Å². The summed E-state index contributed by atoms with van der Waals surface area (Å²) in [7, 11) is 0. The maximum atomic E-state index is 10.1. The van der Waals surface area contributed by atoms with Crippen LogP contribution < -0.4 is 10.6 Å². The number of carboxylic acids is 2. The normalized spacial score (nSPS) is 19.1. The van der Waals surface area contributed by atoms with Crippen LogP contribution in [0.5, 0.6) is 0 Å². The van der Waals surface area contributed by atoms with Crippen molar-refractivity contribution in [3.05, 3.63) is 0 Å². The molecule has 6 nitrogen and oxygen atoms in total. The second-order valence-electron chi connectivity index (χ2n) is 3.92. The summed E-state index contributed by atoms with van der Waals surface area (Å²) < 4.78 is 0. The Morgan fingerprint density at radius 1 is 1.44 bits per heavy atom. The third-order valence-electron chi connectivity index (χ3n) is 2.02. The van der Waals surface area contributed by atoms with E-state index in [9.17, 15) is 9.59 Å². The minimum absolute atomic E-state index is 0.0532. The van der Waals surface area contributed by atoms with E-state index in [1.54, 1.807) is 0 Å². The average molecular weight is 232 g/mol. The Balaban J connectivity index is 0.000000281. The fourth-order valence-corrected chi connectivity index (χ4v) is 1.19. The van der Waals surface area contributed by atoms with Crippen molar-refractivity contribution in [2.24, 2.45) is 0 Å². The van der Waals surface area contributed by atoms with Crippen LogP contribution in [-0.4, -0.2) is 47.3 Å². The molecular weight excluding hydrogens is 212 g/mol. The third-order valence-corrected chi connectivity index (χ3v) is 2.02. The van der Waals surface area contributed by atoms with Crippen LogP contribution in [-0.2, 0) is 9.59 Å². The van der Waals surface area contributed by atoms with Gasteiger partial charge in [0.05, 0.1) is 6.54 Å². The summed E-state index contributed by atoms with van der Waals surface area (Å²) in [6.07, 6.45) is 1.78. The lowest BCUT2D eigenvalue weighted by Gasteiger charge is -2.02. The fourth-order valence-electron chi connectivity index (χ4n) is 1.19. The number of nitrogens with one attached hydrogen (secondary N) is 2. The summed E-state index contributed by atoms with van der Waals surface area (Å²) in [6, 6.07) is -0.0129. The summed E-state index contributed by atoms with van der Waals surface area (Å²) in [5.74, 6) is -1.53. The van der Waals surface area contributed by atoms with Gasteiger partial charge in [0.2, 0.25) is 0 Å². The van der Waals surface area contributed by atoms with Crippen molar-refractivity contribution < 1.29 is 19.8 Å². The van der Waals surface area contributed by atoms with E-state index in [-0.39, 0.29) is 18.6 Å². The van der Waals surface area contributed by atoms with Crippen LogP contribution in [0.3, 0.4) is 0 Å².